The van der Waals surface area contributed by atoms with Crippen molar-refractivity contribution in [3.63, 3.8) is 0 Å². The Morgan fingerprint density at radius 1 is 1.42 bits per heavy atom. The summed E-state index contributed by atoms with van der Waals surface area (Å²) in [5, 5.41) is 0.437. The third kappa shape index (κ3) is 3.08. The molecule has 1 fully saturated rings. The molecule has 0 spiro atoms. The van der Waals surface area contributed by atoms with Gasteiger partial charge in [-0.1, -0.05) is 15.9 Å². The highest BCUT2D eigenvalue weighted by molar-refractivity contribution is 9.10. The van der Waals surface area contributed by atoms with Crippen LogP contribution in [0.3, 0.4) is 0 Å². The normalized spacial score (nSPS) is 25.6. The average molecular weight is 345 g/mol. The number of hydrogen-bond donors (Lipinski definition) is 0. The van der Waals surface area contributed by atoms with Crippen LogP contribution >= 0.6 is 27.7 Å². The molecule has 0 aliphatic heterocycles. The maximum Gasteiger partial charge on any atom is 0.311 e. The summed E-state index contributed by atoms with van der Waals surface area (Å²) in [4.78, 5) is 12.7. The lowest BCUT2D eigenvalue weighted by Crippen LogP contribution is -2.43. The molecule has 0 radical (unpaired) electrons. The molecule has 0 heterocycles. The van der Waals surface area contributed by atoms with Gasteiger partial charge in [0.25, 0.3) is 0 Å². The minimum absolute atomic E-state index is 0.106. The van der Waals surface area contributed by atoms with E-state index in [-0.39, 0.29) is 11.4 Å². The molecule has 19 heavy (non-hydrogen) atoms. The summed E-state index contributed by atoms with van der Waals surface area (Å²) in [6, 6.07) is 5.96. The van der Waals surface area contributed by atoms with Gasteiger partial charge in [-0.2, -0.15) is 0 Å². The Morgan fingerprint density at radius 2 is 2.11 bits per heavy atom. The van der Waals surface area contributed by atoms with E-state index in [0.29, 0.717) is 5.25 Å². The van der Waals surface area contributed by atoms with Gasteiger partial charge in [0.05, 0.1) is 24.5 Å². The van der Waals surface area contributed by atoms with Gasteiger partial charge >= 0.3 is 5.97 Å². The second-order valence-electron chi connectivity index (χ2n) is 5.00. The van der Waals surface area contributed by atoms with E-state index >= 15 is 0 Å². The number of carbonyl (C=O) groups excluding carboxylic acids is 1. The number of benzene rings is 1. The molecule has 1 aliphatic rings. The summed E-state index contributed by atoms with van der Waals surface area (Å²) in [7, 11) is 3.12. The van der Waals surface area contributed by atoms with Crippen molar-refractivity contribution in [1.82, 2.24) is 0 Å². The third-order valence-electron chi connectivity index (χ3n) is 3.45. The molecule has 5 heteroatoms. The topological polar surface area (TPSA) is 35.5 Å². The molecule has 0 N–H and O–H groups in total. The number of carbonyl (C=O) groups is 1. The smallest absolute Gasteiger partial charge is 0.311 e. The van der Waals surface area contributed by atoms with E-state index in [0.717, 1.165) is 28.0 Å². The highest BCUT2D eigenvalue weighted by Crippen LogP contribution is 2.51. The van der Waals surface area contributed by atoms with Crippen LogP contribution in [0.5, 0.6) is 5.75 Å². The first kappa shape index (κ1) is 14.7. The van der Waals surface area contributed by atoms with E-state index in [2.05, 4.69) is 22.0 Å². The minimum atomic E-state index is -0.314. The molecule has 2 rings (SSSR count). The maximum atomic E-state index is 11.6. The molecular weight excluding hydrogens is 328 g/mol. The summed E-state index contributed by atoms with van der Waals surface area (Å²) in [6.45, 7) is 1.97. The summed E-state index contributed by atoms with van der Waals surface area (Å²) in [5.74, 6) is 0.769. The Bertz CT molecular complexity index is 484. The highest BCUT2D eigenvalue weighted by Gasteiger charge is 2.47. The summed E-state index contributed by atoms with van der Waals surface area (Å²) in [6.07, 6.45) is 1.69. The zero-order valence-electron chi connectivity index (χ0n) is 11.2. The monoisotopic (exact) mass is 344 g/mol. The van der Waals surface area contributed by atoms with Crippen LogP contribution in [0, 0.1) is 5.41 Å². The Hall–Kier alpha value is -0.680. The van der Waals surface area contributed by atoms with E-state index < -0.39 is 0 Å². The standard InChI is InChI=1S/C14H17BrO3S/c1-14(13(16)18-3)7-10(8-14)19-12-6-9(15)4-5-11(12)17-2/h4-6,10H,7-8H2,1-3H3. The van der Waals surface area contributed by atoms with E-state index in [1.54, 1.807) is 18.9 Å². The zero-order chi connectivity index (χ0) is 14.0. The average Bonchev–Trinajstić information content (AvgIpc) is 2.36. The van der Waals surface area contributed by atoms with Gasteiger partial charge in [-0.15, -0.1) is 11.8 Å². The number of thioether (sulfide) groups is 1. The van der Waals surface area contributed by atoms with Gasteiger partial charge in [0, 0.05) is 9.72 Å². The van der Waals surface area contributed by atoms with Gasteiger partial charge < -0.3 is 9.47 Å². The second-order valence-corrected chi connectivity index (χ2v) is 7.25. The Balaban J connectivity index is 2.01. The van der Waals surface area contributed by atoms with Crippen molar-refractivity contribution in [1.29, 1.82) is 0 Å². The van der Waals surface area contributed by atoms with E-state index in [1.807, 2.05) is 19.1 Å². The van der Waals surface area contributed by atoms with Gasteiger partial charge in [0.2, 0.25) is 0 Å². The molecule has 104 valence electrons. The molecule has 0 atom stereocenters. The predicted octanol–water partition coefficient (Wildman–Crippen LogP) is 3.89. The molecule has 0 saturated heterocycles. The second kappa shape index (κ2) is 5.75. The molecule has 0 bridgehead atoms. The van der Waals surface area contributed by atoms with Crippen LogP contribution in [0.4, 0.5) is 0 Å². The van der Waals surface area contributed by atoms with E-state index in [1.165, 1.54) is 7.11 Å². The van der Waals surface area contributed by atoms with Gasteiger partial charge in [-0.05, 0) is 38.0 Å². The number of esters is 1. The van der Waals surface area contributed by atoms with Crippen LogP contribution in [-0.4, -0.2) is 25.4 Å². The highest BCUT2D eigenvalue weighted by atomic mass is 79.9. The van der Waals surface area contributed by atoms with Crippen molar-refractivity contribution >= 4 is 33.7 Å². The van der Waals surface area contributed by atoms with Gasteiger partial charge in [-0.3, -0.25) is 4.79 Å². The van der Waals surface area contributed by atoms with Crippen LogP contribution in [-0.2, 0) is 9.53 Å². The van der Waals surface area contributed by atoms with Gasteiger partial charge in [-0.25, -0.2) is 0 Å². The van der Waals surface area contributed by atoms with Crippen LogP contribution in [0.1, 0.15) is 19.8 Å². The fourth-order valence-corrected chi connectivity index (χ4v) is 4.60. The van der Waals surface area contributed by atoms with Gasteiger partial charge in [0.15, 0.2) is 0 Å². The Labute approximate surface area is 126 Å². The van der Waals surface area contributed by atoms with Crippen LogP contribution in [0.2, 0.25) is 0 Å². The Kier molecular flexibility index (Phi) is 4.46. The number of hydrogen-bond acceptors (Lipinski definition) is 4. The van der Waals surface area contributed by atoms with Crippen LogP contribution in [0.25, 0.3) is 0 Å². The number of halogens is 1. The zero-order valence-corrected chi connectivity index (χ0v) is 13.6. The maximum absolute atomic E-state index is 11.6. The Morgan fingerprint density at radius 3 is 2.68 bits per heavy atom. The van der Waals surface area contributed by atoms with Crippen molar-refractivity contribution in [2.24, 2.45) is 5.41 Å². The van der Waals surface area contributed by atoms with Crippen molar-refractivity contribution in [3.05, 3.63) is 22.7 Å². The first-order valence-corrected chi connectivity index (χ1v) is 7.74. The fraction of sp³-hybridized carbons (Fsp3) is 0.500. The van der Waals surface area contributed by atoms with Crippen molar-refractivity contribution in [3.8, 4) is 5.75 Å². The summed E-state index contributed by atoms with van der Waals surface area (Å²) < 4.78 is 11.2. The van der Waals surface area contributed by atoms with Crippen molar-refractivity contribution in [2.75, 3.05) is 14.2 Å². The lowest BCUT2D eigenvalue weighted by atomic mass is 9.70. The van der Waals surface area contributed by atoms with Crippen LogP contribution < -0.4 is 4.74 Å². The van der Waals surface area contributed by atoms with E-state index in [9.17, 15) is 4.79 Å². The van der Waals surface area contributed by atoms with Crippen LogP contribution in [0.15, 0.2) is 27.6 Å². The first-order valence-electron chi connectivity index (χ1n) is 6.07. The van der Waals surface area contributed by atoms with E-state index in [4.69, 9.17) is 9.47 Å². The lowest BCUT2D eigenvalue weighted by Gasteiger charge is -2.42. The molecule has 1 saturated carbocycles. The summed E-state index contributed by atoms with van der Waals surface area (Å²) in [5.41, 5.74) is -0.314. The number of ether oxygens (including phenoxy) is 2. The third-order valence-corrected chi connectivity index (χ3v) is 5.19. The molecule has 3 nitrogen and oxygen atoms in total. The first-order chi connectivity index (χ1) is 8.98. The fourth-order valence-electron chi connectivity index (χ4n) is 2.36. The summed E-state index contributed by atoms with van der Waals surface area (Å²) >= 11 is 5.23. The predicted molar refractivity (Wildman–Crippen MR) is 79.7 cm³/mol. The SMILES string of the molecule is COC(=O)C1(C)CC(Sc2cc(Br)ccc2OC)C1. The molecule has 1 aliphatic carbocycles. The molecular formula is C14H17BrO3S. The van der Waals surface area contributed by atoms with Crippen molar-refractivity contribution < 1.29 is 14.3 Å². The quantitative estimate of drug-likeness (QED) is 0.776. The minimum Gasteiger partial charge on any atom is -0.496 e. The largest absolute Gasteiger partial charge is 0.496 e. The van der Waals surface area contributed by atoms with Gasteiger partial charge in [0.1, 0.15) is 5.75 Å². The molecule has 0 aromatic heterocycles. The molecule has 0 unspecified atom stereocenters. The lowest BCUT2D eigenvalue weighted by molar-refractivity contribution is -0.156. The molecule has 1 aromatic rings. The molecule has 1 aromatic carbocycles. The molecule has 0 amide bonds. The van der Waals surface area contributed by atoms with Crippen molar-refractivity contribution in [2.45, 2.75) is 29.9 Å². The number of methoxy groups -OCH3 is 2. The number of rotatable bonds is 4.